The highest BCUT2D eigenvalue weighted by Gasteiger charge is 2.44. The van der Waals surface area contributed by atoms with E-state index < -0.39 is 49.5 Å². The first-order valence-corrected chi connectivity index (χ1v) is 29.2. The number of carbonyl (C=O) groups is 1. The number of nitrogens with one attached hydrogen (secondary N) is 1. The lowest BCUT2D eigenvalue weighted by Crippen LogP contribution is -2.60. The SMILES string of the molecule is CCCCCCCCCCC/C=C\C/C=C\CCCCCCCCCCCCCCCCCCCC(=O)NC(COC1OC(CO)C(O)C(O)C1O)C(O)/C=C/CCCCCCCCCCCC. The highest BCUT2D eigenvalue weighted by Crippen LogP contribution is 2.23. The summed E-state index contributed by atoms with van der Waals surface area (Å²) in [6, 6.07) is -0.802. The summed E-state index contributed by atoms with van der Waals surface area (Å²) in [6.07, 6.45) is 56.6. The Balaban J connectivity index is 2.10. The third-order valence-electron chi connectivity index (χ3n) is 14.0. The van der Waals surface area contributed by atoms with Crippen LogP contribution < -0.4 is 5.32 Å². The van der Waals surface area contributed by atoms with Gasteiger partial charge in [-0.05, 0) is 51.4 Å². The largest absolute Gasteiger partial charge is 0.394 e. The van der Waals surface area contributed by atoms with Crippen molar-refractivity contribution in [3.05, 3.63) is 36.5 Å². The van der Waals surface area contributed by atoms with Gasteiger partial charge in [0.05, 0.1) is 25.4 Å². The first-order chi connectivity index (χ1) is 33.3. The van der Waals surface area contributed by atoms with Gasteiger partial charge in [-0.25, -0.2) is 0 Å². The van der Waals surface area contributed by atoms with Crippen molar-refractivity contribution >= 4 is 5.91 Å². The Morgan fingerprint density at radius 2 is 0.868 bits per heavy atom. The van der Waals surface area contributed by atoms with E-state index in [0.717, 1.165) is 44.9 Å². The van der Waals surface area contributed by atoms with E-state index in [1.165, 1.54) is 212 Å². The van der Waals surface area contributed by atoms with Gasteiger partial charge in [-0.1, -0.05) is 256 Å². The van der Waals surface area contributed by atoms with Gasteiger partial charge in [-0.2, -0.15) is 0 Å². The second kappa shape index (κ2) is 49.0. The molecule has 0 aromatic rings. The fraction of sp³-hybridized carbons (Fsp3) is 0.881. The predicted octanol–water partition coefficient (Wildman–Crippen LogP) is 14.4. The van der Waals surface area contributed by atoms with Crippen LogP contribution in [0, 0.1) is 0 Å². The number of aliphatic hydroxyl groups is 5. The Morgan fingerprint density at radius 1 is 0.500 bits per heavy atom. The smallest absolute Gasteiger partial charge is 0.220 e. The summed E-state index contributed by atoms with van der Waals surface area (Å²) in [5.41, 5.74) is 0. The molecule has 9 heteroatoms. The van der Waals surface area contributed by atoms with Gasteiger partial charge in [0.1, 0.15) is 24.4 Å². The number of hydrogen-bond acceptors (Lipinski definition) is 8. The molecule has 1 heterocycles. The zero-order valence-corrected chi connectivity index (χ0v) is 44.4. The fourth-order valence-electron chi connectivity index (χ4n) is 9.31. The number of amides is 1. The van der Waals surface area contributed by atoms with E-state index in [9.17, 15) is 30.3 Å². The molecule has 0 saturated carbocycles. The van der Waals surface area contributed by atoms with Crippen molar-refractivity contribution in [1.29, 1.82) is 0 Å². The summed E-state index contributed by atoms with van der Waals surface area (Å²) in [5, 5.41) is 54.3. The maximum atomic E-state index is 13.0. The summed E-state index contributed by atoms with van der Waals surface area (Å²) >= 11 is 0. The lowest BCUT2D eigenvalue weighted by molar-refractivity contribution is -0.302. The number of hydrogen-bond donors (Lipinski definition) is 6. The number of carbonyl (C=O) groups excluding carboxylic acids is 1. The molecule has 6 N–H and O–H groups in total. The molecule has 1 aliphatic heterocycles. The van der Waals surface area contributed by atoms with E-state index in [2.05, 4.69) is 43.5 Å². The standard InChI is InChI=1S/C59H111NO8/c1-3-5-7-9-11-13-15-17-18-19-20-21-22-23-24-25-26-27-28-29-30-31-32-33-34-35-36-37-39-41-43-45-47-49-55(63)60-52(51-67-59-58(66)57(65)56(64)54(50-61)68-59)53(62)48-46-44-42-40-38-16-14-12-10-8-6-4-2/h20-21,23-24,46,48,52-54,56-59,61-62,64-66H,3-19,22,25-45,47,49-51H2,1-2H3,(H,60,63)/b21-20-,24-23-,48-46+. The van der Waals surface area contributed by atoms with Crippen LogP contribution in [-0.4, -0.2) is 87.5 Å². The number of rotatable bonds is 50. The molecule has 400 valence electrons. The number of unbranched alkanes of at least 4 members (excludes halogenated alkanes) is 36. The van der Waals surface area contributed by atoms with E-state index in [0.29, 0.717) is 6.42 Å². The molecule has 0 aromatic carbocycles. The van der Waals surface area contributed by atoms with Gasteiger partial charge in [-0.3, -0.25) is 4.79 Å². The molecule has 7 unspecified atom stereocenters. The van der Waals surface area contributed by atoms with Gasteiger partial charge in [-0.15, -0.1) is 0 Å². The molecule has 1 amide bonds. The molecule has 1 aliphatic rings. The Morgan fingerprint density at radius 3 is 1.26 bits per heavy atom. The summed E-state index contributed by atoms with van der Waals surface area (Å²) < 4.78 is 11.2. The predicted molar refractivity (Wildman–Crippen MR) is 286 cm³/mol. The van der Waals surface area contributed by atoms with Crippen molar-refractivity contribution in [3.63, 3.8) is 0 Å². The van der Waals surface area contributed by atoms with E-state index in [1.807, 2.05) is 6.08 Å². The highest BCUT2D eigenvalue weighted by molar-refractivity contribution is 5.76. The van der Waals surface area contributed by atoms with Crippen LogP contribution in [0.4, 0.5) is 0 Å². The third-order valence-corrected chi connectivity index (χ3v) is 14.0. The summed E-state index contributed by atoms with van der Waals surface area (Å²) in [5.74, 6) is -0.175. The molecule has 0 spiro atoms. The van der Waals surface area contributed by atoms with Gasteiger partial charge >= 0.3 is 0 Å². The molecule has 0 bridgehead atoms. The first kappa shape index (κ1) is 64.4. The summed E-state index contributed by atoms with van der Waals surface area (Å²) in [6.45, 7) is 3.78. The molecular weight excluding hydrogens is 851 g/mol. The second-order valence-corrected chi connectivity index (χ2v) is 20.4. The molecular formula is C59H111NO8. The minimum absolute atomic E-state index is 0.175. The van der Waals surface area contributed by atoms with Crippen LogP contribution in [0.1, 0.15) is 277 Å². The van der Waals surface area contributed by atoms with Gasteiger partial charge < -0.3 is 40.3 Å². The summed E-state index contributed by atoms with van der Waals surface area (Å²) in [4.78, 5) is 13.0. The van der Waals surface area contributed by atoms with Crippen molar-refractivity contribution in [2.24, 2.45) is 0 Å². The molecule has 1 rings (SSSR count). The van der Waals surface area contributed by atoms with E-state index in [4.69, 9.17) is 9.47 Å². The first-order valence-electron chi connectivity index (χ1n) is 29.2. The molecule has 0 radical (unpaired) electrons. The van der Waals surface area contributed by atoms with Crippen LogP contribution in [0.25, 0.3) is 0 Å². The Bertz CT molecular complexity index is 1160. The van der Waals surface area contributed by atoms with E-state index in [1.54, 1.807) is 6.08 Å². The number of ether oxygens (including phenoxy) is 2. The quantitative estimate of drug-likeness (QED) is 0.0261. The van der Waals surface area contributed by atoms with Crippen LogP contribution in [0.3, 0.4) is 0 Å². The molecule has 0 aliphatic carbocycles. The summed E-state index contributed by atoms with van der Waals surface area (Å²) in [7, 11) is 0. The van der Waals surface area contributed by atoms with Crippen LogP contribution in [0.5, 0.6) is 0 Å². The van der Waals surface area contributed by atoms with Gasteiger partial charge in [0.25, 0.3) is 0 Å². The van der Waals surface area contributed by atoms with Crippen molar-refractivity contribution in [3.8, 4) is 0 Å². The normalized spacial score (nSPS) is 19.8. The van der Waals surface area contributed by atoms with Crippen LogP contribution in [-0.2, 0) is 14.3 Å². The van der Waals surface area contributed by atoms with E-state index >= 15 is 0 Å². The minimum atomic E-state index is -1.56. The Kier molecular flexibility index (Phi) is 46.4. The zero-order chi connectivity index (χ0) is 49.4. The lowest BCUT2D eigenvalue weighted by Gasteiger charge is -2.40. The van der Waals surface area contributed by atoms with Gasteiger partial charge in [0.2, 0.25) is 5.91 Å². The van der Waals surface area contributed by atoms with Crippen molar-refractivity contribution in [2.45, 2.75) is 320 Å². The Labute approximate surface area is 419 Å². The van der Waals surface area contributed by atoms with E-state index in [-0.39, 0.29) is 12.5 Å². The molecule has 9 nitrogen and oxygen atoms in total. The van der Waals surface area contributed by atoms with Crippen molar-refractivity contribution in [2.75, 3.05) is 13.2 Å². The molecule has 1 saturated heterocycles. The maximum Gasteiger partial charge on any atom is 0.220 e. The lowest BCUT2D eigenvalue weighted by atomic mass is 9.99. The third kappa shape index (κ3) is 38.1. The molecule has 1 fully saturated rings. The molecule has 68 heavy (non-hydrogen) atoms. The second-order valence-electron chi connectivity index (χ2n) is 20.4. The van der Waals surface area contributed by atoms with Gasteiger partial charge in [0.15, 0.2) is 6.29 Å². The van der Waals surface area contributed by atoms with Crippen LogP contribution in [0.2, 0.25) is 0 Å². The average molecular weight is 963 g/mol. The number of aliphatic hydroxyl groups excluding tert-OH is 5. The fourth-order valence-corrected chi connectivity index (χ4v) is 9.31. The zero-order valence-electron chi connectivity index (χ0n) is 44.4. The van der Waals surface area contributed by atoms with Crippen molar-refractivity contribution in [1.82, 2.24) is 5.32 Å². The average Bonchev–Trinajstić information content (AvgIpc) is 3.34. The van der Waals surface area contributed by atoms with Crippen LogP contribution >= 0.6 is 0 Å². The van der Waals surface area contributed by atoms with Crippen LogP contribution in [0.15, 0.2) is 36.5 Å². The topological polar surface area (TPSA) is 149 Å². The molecule has 0 aromatic heterocycles. The Hall–Kier alpha value is -1.59. The van der Waals surface area contributed by atoms with Crippen molar-refractivity contribution < 1.29 is 39.8 Å². The maximum absolute atomic E-state index is 13.0. The number of allylic oxidation sites excluding steroid dienone is 5. The minimum Gasteiger partial charge on any atom is -0.394 e. The molecule has 7 atom stereocenters. The monoisotopic (exact) mass is 962 g/mol. The van der Waals surface area contributed by atoms with Gasteiger partial charge in [0, 0.05) is 6.42 Å². The highest BCUT2D eigenvalue weighted by atomic mass is 16.7.